The van der Waals surface area contributed by atoms with Gasteiger partial charge in [0.05, 0.1) is 6.07 Å². The summed E-state index contributed by atoms with van der Waals surface area (Å²) in [6.45, 7) is 2.08. The highest BCUT2D eigenvalue weighted by atomic mass is 16.2. The van der Waals surface area contributed by atoms with E-state index in [2.05, 4.69) is 13.0 Å². The monoisotopic (exact) mass is 222 g/mol. The summed E-state index contributed by atoms with van der Waals surface area (Å²) in [5, 5.41) is 9.34. The molecule has 1 aliphatic carbocycles. The molecule has 0 aromatic carbocycles. The van der Waals surface area contributed by atoms with Gasteiger partial charge >= 0.3 is 0 Å². The zero-order chi connectivity index (χ0) is 12.0. The van der Waals surface area contributed by atoms with Crippen LogP contribution in [0.4, 0.5) is 0 Å². The minimum absolute atomic E-state index is 0.130. The highest BCUT2D eigenvalue weighted by molar-refractivity contribution is 5.77. The van der Waals surface area contributed by atoms with Crippen LogP contribution in [0.3, 0.4) is 0 Å². The molecule has 1 saturated carbocycles. The Labute approximate surface area is 98.4 Å². The smallest absolute Gasteiger partial charge is 0.223 e. The lowest BCUT2D eigenvalue weighted by Crippen LogP contribution is -2.49. The second-order valence-corrected chi connectivity index (χ2v) is 4.76. The van der Waals surface area contributed by atoms with Crippen LogP contribution in [-0.2, 0) is 4.79 Å². The molecule has 3 heteroatoms. The molecule has 0 saturated heterocycles. The summed E-state index contributed by atoms with van der Waals surface area (Å²) in [4.78, 5) is 13.7. The number of carbonyl (C=O) groups excluding carboxylic acids is 1. The lowest BCUT2D eigenvalue weighted by Gasteiger charge is -2.39. The van der Waals surface area contributed by atoms with Crippen molar-refractivity contribution in [3.05, 3.63) is 0 Å². The van der Waals surface area contributed by atoms with E-state index in [1.807, 2.05) is 0 Å². The van der Waals surface area contributed by atoms with Gasteiger partial charge in [-0.3, -0.25) is 4.79 Å². The molecule has 0 aromatic heterocycles. The second-order valence-electron chi connectivity index (χ2n) is 4.76. The van der Waals surface area contributed by atoms with Gasteiger partial charge in [-0.25, -0.2) is 0 Å². The minimum Gasteiger partial charge on any atom is -0.327 e. The van der Waals surface area contributed by atoms with Crippen molar-refractivity contribution in [1.29, 1.82) is 5.26 Å². The fourth-order valence-electron chi connectivity index (χ4n) is 2.39. The van der Waals surface area contributed by atoms with Crippen molar-refractivity contribution in [1.82, 2.24) is 4.90 Å². The largest absolute Gasteiger partial charge is 0.327 e. The predicted octanol–water partition coefficient (Wildman–Crippen LogP) is 2.86. The summed E-state index contributed by atoms with van der Waals surface area (Å²) in [5.41, 5.74) is -0.511. The highest BCUT2D eigenvalue weighted by Crippen LogP contribution is 2.32. The van der Waals surface area contributed by atoms with Crippen LogP contribution in [-0.4, -0.2) is 23.4 Å². The average Bonchev–Trinajstić information content (AvgIpc) is 2.35. The molecule has 16 heavy (non-hydrogen) atoms. The van der Waals surface area contributed by atoms with Crippen molar-refractivity contribution in [3.63, 3.8) is 0 Å². The Hall–Kier alpha value is -1.04. The lowest BCUT2D eigenvalue weighted by atomic mass is 9.81. The second kappa shape index (κ2) is 5.89. The summed E-state index contributed by atoms with van der Waals surface area (Å²) in [7, 11) is 1.80. The van der Waals surface area contributed by atoms with Crippen LogP contribution in [0.5, 0.6) is 0 Å². The van der Waals surface area contributed by atoms with Gasteiger partial charge in [0.15, 0.2) is 0 Å². The zero-order valence-electron chi connectivity index (χ0n) is 10.5. The van der Waals surface area contributed by atoms with Gasteiger partial charge in [0.1, 0.15) is 5.54 Å². The van der Waals surface area contributed by atoms with E-state index in [0.29, 0.717) is 6.42 Å². The van der Waals surface area contributed by atoms with Crippen LogP contribution in [0.2, 0.25) is 0 Å². The molecule has 0 aromatic rings. The molecule has 0 atom stereocenters. The Bertz CT molecular complexity index is 274. The van der Waals surface area contributed by atoms with Crippen molar-refractivity contribution in [2.45, 2.75) is 63.8 Å². The van der Waals surface area contributed by atoms with Crippen molar-refractivity contribution in [2.24, 2.45) is 0 Å². The lowest BCUT2D eigenvalue weighted by molar-refractivity contribution is -0.134. The number of hydrogen-bond acceptors (Lipinski definition) is 2. The first kappa shape index (κ1) is 13.0. The Balaban J connectivity index is 2.65. The first-order valence-corrected chi connectivity index (χ1v) is 6.34. The normalized spacial score (nSPS) is 18.8. The zero-order valence-corrected chi connectivity index (χ0v) is 10.5. The molecule has 0 aliphatic heterocycles. The maximum Gasteiger partial charge on any atom is 0.223 e. The van der Waals surface area contributed by atoms with Gasteiger partial charge in [-0.05, 0) is 19.3 Å². The number of rotatable bonds is 4. The van der Waals surface area contributed by atoms with Gasteiger partial charge in [-0.1, -0.05) is 32.6 Å². The van der Waals surface area contributed by atoms with E-state index in [1.54, 1.807) is 11.9 Å². The Kier molecular flexibility index (Phi) is 4.79. The predicted molar refractivity (Wildman–Crippen MR) is 63.7 cm³/mol. The Morgan fingerprint density at radius 2 is 2.00 bits per heavy atom. The van der Waals surface area contributed by atoms with E-state index in [4.69, 9.17) is 0 Å². The summed E-state index contributed by atoms with van der Waals surface area (Å²) in [6.07, 6.45) is 7.55. The van der Waals surface area contributed by atoms with Crippen molar-refractivity contribution in [2.75, 3.05) is 7.05 Å². The van der Waals surface area contributed by atoms with Crippen LogP contribution < -0.4 is 0 Å². The maximum absolute atomic E-state index is 11.9. The first-order valence-electron chi connectivity index (χ1n) is 6.34. The summed E-state index contributed by atoms with van der Waals surface area (Å²) >= 11 is 0. The number of unbranched alkanes of at least 4 members (excludes halogenated alkanes) is 1. The molecule has 0 bridgehead atoms. The van der Waals surface area contributed by atoms with Crippen LogP contribution in [0.25, 0.3) is 0 Å². The average molecular weight is 222 g/mol. The van der Waals surface area contributed by atoms with Gasteiger partial charge in [-0.2, -0.15) is 5.26 Å². The fraction of sp³-hybridized carbons (Fsp3) is 0.846. The van der Waals surface area contributed by atoms with Gasteiger partial charge in [0, 0.05) is 13.5 Å². The first-order chi connectivity index (χ1) is 7.66. The molecule has 0 spiro atoms. The molecule has 0 radical (unpaired) electrons. The maximum atomic E-state index is 11.9. The number of nitriles is 1. The molecule has 0 heterocycles. The van der Waals surface area contributed by atoms with Gasteiger partial charge in [0.25, 0.3) is 0 Å². The molecule has 1 aliphatic rings. The molecule has 0 unspecified atom stereocenters. The molecular formula is C13H22N2O. The molecule has 1 fully saturated rings. The van der Waals surface area contributed by atoms with E-state index in [0.717, 1.165) is 38.5 Å². The van der Waals surface area contributed by atoms with E-state index < -0.39 is 5.54 Å². The van der Waals surface area contributed by atoms with Gasteiger partial charge in [-0.15, -0.1) is 0 Å². The Morgan fingerprint density at radius 1 is 1.38 bits per heavy atom. The highest BCUT2D eigenvalue weighted by Gasteiger charge is 2.38. The van der Waals surface area contributed by atoms with Crippen LogP contribution >= 0.6 is 0 Å². The van der Waals surface area contributed by atoms with Gasteiger partial charge < -0.3 is 4.90 Å². The van der Waals surface area contributed by atoms with Crippen molar-refractivity contribution >= 4 is 5.91 Å². The molecule has 3 nitrogen and oxygen atoms in total. The van der Waals surface area contributed by atoms with E-state index in [-0.39, 0.29) is 5.91 Å². The van der Waals surface area contributed by atoms with E-state index in [1.165, 1.54) is 6.42 Å². The van der Waals surface area contributed by atoms with E-state index >= 15 is 0 Å². The van der Waals surface area contributed by atoms with Crippen LogP contribution in [0.15, 0.2) is 0 Å². The summed E-state index contributed by atoms with van der Waals surface area (Å²) in [5.74, 6) is 0.130. The Morgan fingerprint density at radius 3 is 2.50 bits per heavy atom. The third kappa shape index (κ3) is 2.75. The fourth-order valence-corrected chi connectivity index (χ4v) is 2.39. The quantitative estimate of drug-likeness (QED) is 0.734. The third-order valence-electron chi connectivity index (χ3n) is 3.65. The number of carbonyl (C=O) groups is 1. The van der Waals surface area contributed by atoms with E-state index in [9.17, 15) is 10.1 Å². The third-order valence-corrected chi connectivity index (χ3v) is 3.65. The van der Waals surface area contributed by atoms with Crippen molar-refractivity contribution in [3.8, 4) is 6.07 Å². The summed E-state index contributed by atoms with van der Waals surface area (Å²) in [6, 6.07) is 2.38. The number of hydrogen-bond donors (Lipinski definition) is 0. The standard InChI is InChI=1S/C13H22N2O/c1-3-4-8-12(16)15(2)13(11-14)9-6-5-7-10-13/h3-10H2,1-2H3. The van der Waals surface area contributed by atoms with Crippen LogP contribution in [0, 0.1) is 11.3 Å². The minimum atomic E-state index is -0.511. The molecular weight excluding hydrogens is 200 g/mol. The summed E-state index contributed by atoms with van der Waals surface area (Å²) < 4.78 is 0. The van der Waals surface area contributed by atoms with Crippen LogP contribution in [0.1, 0.15) is 58.3 Å². The SMILES string of the molecule is CCCCC(=O)N(C)C1(C#N)CCCCC1. The molecule has 1 rings (SSSR count). The number of nitrogens with zero attached hydrogens (tertiary/aromatic N) is 2. The topological polar surface area (TPSA) is 44.1 Å². The number of amides is 1. The molecule has 1 amide bonds. The van der Waals surface area contributed by atoms with Crippen molar-refractivity contribution < 1.29 is 4.79 Å². The van der Waals surface area contributed by atoms with Gasteiger partial charge in [0.2, 0.25) is 5.91 Å². The molecule has 90 valence electrons. The molecule has 0 N–H and O–H groups in total.